The number of ether oxygens (including phenoxy) is 1. The molecule has 0 aromatic carbocycles. The lowest BCUT2D eigenvalue weighted by atomic mass is 10.6. The summed E-state index contributed by atoms with van der Waals surface area (Å²) in [4.78, 5) is 14.5. The maximum atomic E-state index is 11.9. The molecule has 0 aliphatic heterocycles. The molecule has 1 aromatic rings. The van der Waals surface area contributed by atoms with E-state index in [9.17, 15) is 18.0 Å². The van der Waals surface area contributed by atoms with Gasteiger partial charge in [-0.25, -0.2) is 5.10 Å². The Morgan fingerprint density at radius 3 is 2.88 bits per heavy atom. The molecule has 1 aromatic heterocycles. The van der Waals surface area contributed by atoms with Crippen molar-refractivity contribution in [1.29, 1.82) is 0 Å². The number of hydrogen-bond acceptors (Lipinski definition) is 5. The highest BCUT2D eigenvalue weighted by atomic mass is 32.2. The molecule has 2 N–H and O–H groups in total. The van der Waals surface area contributed by atoms with Crippen molar-refractivity contribution in [3.05, 3.63) is 0 Å². The minimum Gasteiger partial charge on any atom is -0.372 e. The maximum Gasteiger partial charge on any atom is 0.449 e. The second-order valence-corrected chi connectivity index (χ2v) is 3.73. The van der Waals surface area contributed by atoms with Crippen LogP contribution < -0.4 is 5.32 Å². The number of aromatic amines is 1. The standard InChI is InChI=1S/C7H9F3N4O2S/c1-2-16-3-4(15)11-5-12-6(14-13-5)17-7(8,9)10/h2-3H2,1H3,(H2,11,12,13,14,15). The van der Waals surface area contributed by atoms with Crippen molar-refractivity contribution in [1.82, 2.24) is 15.2 Å². The summed E-state index contributed by atoms with van der Waals surface area (Å²) in [6.07, 6.45) is 0. The van der Waals surface area contributed by atoms with Crippen LogP contribution in [0.4, 0.5) is 19.1 Å². The molecule has 10 heteroatoms. The number of nitrogens with one attached hydrogen (secondary N) is 2. The van der Waals surface area contributed by atoms with Crippen molar-refractivity contribution in [2.45, 2.75) is 17.6 Å². The molecule has 6 nitrogen and oxygen atoms in total. The predicted octanol–water partition coefficient (Wildman–Crippen LogP) is 1.39. The molecule has 1 amide bonds. The smallest absolute Gasteiger partial charge is 0.372 e. The van der Waals surface area contributed by atoms with Gasteiger partial charge in [0, 0.05) is 18.4 Å². The van der Waals surface area contributed by atoms with E-state index in [0.717, 1.165) is 0 Å². The second-order valence-electron chi connectivity index (χ2n) is 2.70. The van der Waals surface area contributed by atoms with Crippen LogP contribution in [0.3, 0.4) is 0 Å². The van der Waals surface area contributed by atoms with Gasteiger partial charge in [0.2, 0.25) is 11.1 Å². The number of carbonyl (C=O) groups is 1. The third-order valence-corrected chi connectivity index (χ3v) is 1.96. The van der Waals surface area contributed by atoms with Gasteiger partial charge in [0.1, 0.15) is 6.61 Å². The molecule has 0 aliphatic rings. The fourth-order valence-electron chi connectivity index (χ4n) is 0.814. The van der Waals surface area contributed by atoms with Crippen LogP contribution in [0.5, 0.6) is 0 Å². The van der Waals surface area contributed by atoms with E-state index in [0.29, 0.717) is 6.61 Å². The first-order valence-electron chi connectivity index (χ1n) is 4.46. The molecule has 0 spiro atoms. The van der Waals surface area contributed by atoms with E-state index in [1.807, 2.05) is 0 Å². The van der Waals surface area contributed by atoms with E-state index in [2.05, 4.69) is 20.5 Å². The molecule has 0 saturated heterocycles. The van der Waals surface area contributed by atoms with Crippen LogP contribution in [0, 0.1) is 0 Å². The van der Waals surface area contributed by atoms with E-state index in [4.69, 9.17) is 4.74 Å². The SMILES string of the molecule is CCOCC(=O)Nc1nc(SC(F)(F)F)n[nH]1. The Balaban J connectivity index is 2.48. The van der Waals surface area contributed by atoms with E-state index >= 15 is 0 Å². The fraction of sp³-hybridized carbons (Fsp3) is 0.571. The minimum atomic E-state index is -4.46. The van der Waals surface area contributed by atoms with Crippen molar-refractivity contribution >= 4 is 23.6 Å². The lowest BCUT2D eigenvalue weighted by Crippen LogP contribution is -2.18. The molecular weight excluding hydrogens is 261 g/mol. The molecule has 0 unspecified atom stereocenters. The number of aromatic nitrogens is 3. The molecule has 0 bridgehead atoms. The van der Waals surface area contributed by atoms with Crippen molar-refractivity contribution in [3.63, 3.8) is 0 Å². The zero-order valence-electron chi connectivity index (χ0n) is 8.67. The Labute approximate surface area is 98.3 Å². The van der Waals surface area contributed by atoms with Gasteiger partial charge in [-0.1, -0.05) is 0 Å². The molecule has 17 heavy (non-hydrogen) atoms. The van der Waals surface area contributed by atoms with Gasteiger partial charge in [0.05, 0.1) is 0 Å². The molecule has 1 heterocycles. The Morgan fingerprint density at radius 1 is 1.59 bits per heavy atom. The number of thioether (sulfide) groups is 1. The first-order valence-corrected chi connectivity index (χ1v) is 5.28. The van der Waals surface area contributed by atoms with Gasteiger partial charge in [-0.05, 0) is 6.92 Å². The number of halogens is 3. The molecule has 0 radical (unpaired) electrons. The monoisotopic (exact) mass is 270 g/mol. The Kier molecular flexibility index (Phi) is 4.75. The summed E-state index contributed by atoms with van der Waals surface area (Å²) >= 11 is -0.470. The first kappa shape index (κ1) is 13.8. The van der Waals surface area contributed by atoms with Gasteiger partial charge in [0.25, 0.3) is 5.91 Å². The molecule has 0 saturated carbocycles. The normalized spacial score (nSPS) is 11.5. The number of carbonyl (C=O) groups excluding carboxylic acids is 1. The third-order valence-electron chi connectivity index (χ3n) is 1.37. The van der Waals surface area contributed by atoms with E-state index in [1.54, 1.807) is 6.92 Å². The average Bonchev–Trinajstić information content (AvgIpc) is 2.59. The summed E-state index contributed by atoms with van der Waals surface area (Å²) in [5.41, 5.74) is -4.46. The number of nitrogens with zero attached hydrogens (tertiary/aromatic N) is 2. The van der Waals surface area contributed by atoms with Crippen LogP contribution in [0.1, 0.15) is 6.92 Å². The van der Waals surface area contributed by atoms with Gasteiger partial charge in [0.15, 0.2) is 0 Å². The van der Waals surface area contributed by atoms with Crippen LogP contribution in [0.25, 0.3) is 0 Å². The Morgan fingerprint density at radius 2 is 2.29 bits per heavy atom. The topological polar surface area (TPSA) is 79.9 Å². The van der Waals surface area contributed by atoms with Gasteiger partial charge >= 0.3 is 5.51 Å². The average molecular weight is 270 g/mol. The summed E-state index contributed by atoms with van der Waals surface area (Å²) in [6, 6.07) is 0. The van der Waals surface area contributed by atoms with Crippen LogP contribution in [-0.4, -0.2) is 39.8 Å². The molecule has 96 valence electrons. The Hall–Kier alpha value is -1.29. The highest BCUT2D eigenvalue weighted by molar-refractivity contribution is 8.00. The summed E-state index contributed by atoms with van der Waals surface area (Å²) in [5.74, 6) is -0.673. The number of anilines is 1. The highest BCUT2D eigenvalue weighted by Gasteiger charge is 2.31. The third kappa shape index (κ3) is 5.54. The van der Waals surface area contributed by atoms with E-state index in [-0.39, 0.29) is 12.6 Å². The van der Waals surface area contributed by atoms with Gasteiger partial charge in [-0.2, -0.15) is 18.2 Å². The first-order chi connectivity index (χ1) is 7.90. The molecule has 0 aliphatic carbocycles. The summed E-state index contributed by atoms with van der Waals surface area (Å²) in [5, 5.41) is 7.15. The molecule has 0 fully saturated rings. The number of alkyl halides is 3. The lowest BCUT2D eigenvalue weighted by Gasteiger charge is -2.01. The lowest BCUT2D eigenvalue weighted by molar-refractivity contribution is -0.120. The number of amides is 1. The summed E-state index contributed by atoms with van der Waals surface area (Å²) < 4.78 is 40.6. The zero-order chi connectivity index (χ0) is 12.9. The van der Waals surface area contributed by atoms with Crippen LogP contribution in [0.15, 0.2) is 5.16 Å². The second kappa shape index (κ2) is 5.87. The zero-order valence-corrected chi connectivity index (χ0v) is 9.48. The summed E-state index contributed by atoms with van der Waals surface area (Å²) in [6.45, 7) is 1.87. The van der Waals surface area contributed by atoms with Crippen molar-refractivity contribution < 1.29 is 22.7 Å². The van der Waals surface area contributed by atoms with E-state index < -0.39 is 28.3 Å². The van der Waals surface area contributed by atoms with Gasteiger partial charge in [-0.3, -0.25) is 10.1 Å². The van der Waals surface area contributed by atoms with Crippen molar-refractivity contribution in [2.75, 3.05) is 18.5 Å². The van der Waals surface area contributed by atoms with Crippen LogP contribution >= 0.6 is 11.8 Å². The van der Waals surface area contributed by atoms with Crippen molar-refractivity contribution in [3.8, 4) is 0 Å². The van der Waals surface area contributed by atoms with Gasteiger partial charge in [-0.15, -0.1) is 5.10 Å². The van der Waals surface area contributed by atoms with Crippen molar-refractivity contribution in [2.24, 2.45) is 0 Å². The quantitative estimate of drug-likeness (QED) is 0.790. The van der Waals surface area contributed by atoms with Crippen LogP contribution in [-0.2, 0) is 9.53 Å². The minimum absolute atomic E-state index is 0.151. The summed E-state index contributed by atoms with van der Waals surface area (Å²) in [7, 11) is 0. The predicted molar refractivity (Wildman–Crippen MR) is 53.4 cm³/mol. The maximum absolute atomic E-state index is 11.9. The Bertz CT molecular complexity index is 381. The number of rotatable bonds is 5. The van der Waals surface area contributed by atoms with E-state index in [1.165, 1.54) is 0 Å². The fourth-order valence-corrected chi connectivity index (χ4v) is 1.25. The molecular formula is C7H9F3N4O2S. The van der Waals surface area contributed by atoms with Gasteiger partial charge < -0.3 is 4.74 Å². The highest BCUT2D eigenvalue weighted by Crippen LogP contribution is 2.34. The number of hydrogen-bond donors (Lipinski definition) is 2. The molecule has 0 atom stereocenters. The largest absolute Gasteiger partial charge is 0.449 e. The number of H-pyrrole nitrogens is 1. The molecule has 1 rings (SSSR count). The van der Waals surface area contributed by atoms with Crippen LogP contribution in [0.2, 0.25) is 0 Å².